The predicted octanol–water partition coefficient (Wildman–Crippen LogP) is 4.86. The lowest BCUT2D eigenvalue weighted by Gasteiger charge is -2.13. The van der Waals surface area contributed by atoms with E-state index in [1.807, 2.05) is 56.3 Å². The van der Waals surface area contributed by atoms with Crippen LogP contribution in [-0.4, -0.2) is 19.6 Å². The van der Waals surface area contributed by atoms with Gasteiger partial charge in [-0.05, 0) is 41.8 Å². The molecule has 5 heteroatoms. The van der Waals surface area contributed by atoms with Crippen molar-refractivity contribution < 1.29 is 14.3 Å². The lowest BCUT2D eigenvalue weighted by atomic mass is 10.1. The van der Waals surface area contributed by atoms with Gasteiger partial charge in [-0.3, -0.25) is 4.79 Å². The number of ether oxygens (including phenoxy) is 2. The van der Waals surface area contributed by atoms with Gasteiger partial charge in [-0.2, -0.15) is 0 Å². The first-order valence-electron chi connectivity index (χ1n) is 9.06. The first-order valence-corrected chi connectivity index (χ1v) is 9.06. The molecule has 27 heavy (non-hydrogen) atoms. The summed E-state index contributed by atoms with van der Waals surface area (Å²) in [5.74, 6) is 1.74. The van der Waals surface area contributed by atoms with Gasteiger partial charge >= 0.3 is 0 Å². The molecular weight excluding hydrogens is 340 g/mol. The van der Waals surface area contributed by atoms with Gasteiger partial charge in [0.2, 0.25) is 5.91 Å². The topological polar surface area (TPSA) is 59.6 Å². The van der Waals surface area contributed by atoms with Crippen LogP contribution < -0.4 is 20.1 Å². The summed E-state index contributed by atoms with van der Waals surface area (Å²) in [6.07, 6.45) is 2.21. The lowest BCUT2D eigenvalue weighted by Crippen LogP contribution is -2.13. The van der Waals surface area contributed by atoms with Crippen LogP contribution in [0.25, 0.3) is 0 Å². The summed E-state index contributed by atoms with van der Waals surface area (Å²) >= 11 is 0. The van der Waals surface area contributed by atoms with E-state index in [0.29, 0.717) is 37.0 Å². The molecule has 2 rings (SSSR count). The molecule has 0 aliphatic carbocycles. The maximum atomic E-state index is 11.9. The van der Waals surface area contributed by atoms with Crippen LogP contribution in [0.1, 0.15) is 25.8 Å². The monoisotopic (exact) mass is 368 g/mol. The number of methoxy groups -OCH3 is 1. The second kappa shape index (κ2) is 10.3. The number of carbonyl (C=O) groups is 1. The van der Waals surface area contributed by atoms with Crippen LogP contribution >= 0.6 is 0 Å². The van der Waals surface area contributed by atoms with Crippen LogP contribution in [0, 0.1) is 5.92 Å². The second-order valence-corrected chi connectivity index (χ2v) is 6.67. The number of rotatable bonds is 10. The van der Waals surface area contributed by atoms with Crippen LogP contribution in [0.3, 0.4) is 0 Å². The Balaban J connectivity index is 1.99. The van der Waals surface area contributed by atoms with Gasteiger partial charge < -0.3 is 20.1 Å². The highest BCUT2D eigenvalue weighted by molar-refractivity contribution is 5.91. The van der Waals surface area contributed by atoms with Gasteiger partial charge in [0.1, 0.15) is 6.61 Å². The summed E-state index contributed by atoms with van der Waals surface area (Å²) < 4.78 is 11.0. The quantitative estimate of drug-likeness (QED) is 0.588. The number of carbonyl (C=O) groups excluding carboxylic acids is 1. The Labute approximate surface area is 161 Å². The second-order valence-electron chi connectivity index (χ2n) is 6.67. The van der Waals surface area contributed by atoms with Crippen LogP contribution in [0.4, 0.5) is 11.4 Å². The largest absolute Gasteiger partial charge is 0.493 e. The zero-order chi connectivity index (χ0) is 19.6. The van der Waals surface area contributed by atoms with E-state index in [9.17, 15) is 4.79 Å². The Morgan fingerprint density at radius 1 is 1.15 bits per heavy atom. The molecule has 2 aromatic rings. The predicted molar refractivity (Wildman–Crippen MR) is 111 cm³/mol. The molecule has 0 heterocycles. The SMILES string of the molecule is C=CCOc1ccc(CNc2cccc(NC(=O)CC(C)C)c2)cc1OC. The maximum Gasteiger partial charge on any atom is 0.224 e. The van der Waals surface area contributed by atoms with Crippen molar-refractivity contribution in [2.75, 3.05) is 24.4 Å². The Bertz CT molecular complexity index is 772. The molecule has 2 N–H and O–H groups in total. The van der Waals surface area contributed by atoms with Crippen LogP contribution in [0.15, 0.2) is 55.1 Å². The van der Waals surface area contributed by atoms with E-state index in [0.717, 1.165) is 16.9 Å². The molecule has 0 atom stereocenters. The fourth-order valence-electron chi connectivity index (χ4n) is 2.58. The Morgan fingerprint density at radius 2 is 1.93 bits per heavy atom. The van der Waals surface area contributed by atoms with Crippen molar-refractivity contribution in [3.8, 4) is 11.5 Å². The fourth-order valence-corrected chi connectivity index (χ4v) is 2.58. The molecule has 0 aromatic heterocycles. The molecule has 1 amide bonds. The molecule has 0 aliphatic heterocycles. The van der Waals surface area contributed by atoms with E-state index in [1.54, 1.807) is 13.2 Å². The smallest absolute Gasteiger partial charge is 0.224 e. The Morgan fingerprint density at radius 3 is 2.63 bits per heavy atom. The third-order valence-corrected chi connectivity index (χ3v) is 3.82. The van der Waals surface area contributed by atoms with Crippen molar-refractivity contribution in [2.45, 2.75) is 26.8 Å². The number of anilines is 2. The van der Waals surface area contributed by atoms with Crippen molar-refractivity contribution in [2.24, 2.45) is 5.92 Å². The third-order valence-electron chi connectivity index (χ3n) is 3.82. The molecule has 0 fully saturated rings. The van der Waals surface area contributed by atoms with Crippen molar-refractivity contribution in [1.29, 1.82) is 0 Å². The van der Waals surface area contributed by atoms with E-state index in [1.165, 1.54) is 0 Å². The molecule has 144 valence electrons. The van der Waals surface area contributed by atoms with Gasteiger partial charge in [-0.15, -0.1) is 0 Å². The molecular formula is C22H28N2O3. The minimum atomic E-state index is 0.0296. The number of amides is 1. The van der Waals surface area contributed by atoms with Crippen molar-refractivity contribution >= 4 is 17.3 Å². The molecule has 2 aromatic carbocycles. The summed E-state index contributed by atoms with van der Waals surface area (Å²) in [5.41, 5.74) is 2.78. The van der Waals surface area contributed by atoms with Crippen LogP contribution in [0.5, 0.6) is 11.5 Å². The summed E-state index contributed by atoms with van der Waals surface area (Å²) in [5, 5.41) is 6.30. The summed E-state index contributed by atoms with van der Waals surface area (Å²) in [7, 11) is 1.62. The minimum Gasteiger partial charge on any atom is -0.493 e. The molecule has 5 nitrogen and oxygen atoms in total. The zero-order valence-electron chi connectivity index (χ0n) is 16.2. The molecule has 0 spiro atoms. The molecule has 0 unspecified atom stereocenters. The normalized spacial score (nSPS) is 10.4. The van der Waals surface area contributed by atoms with Gasteiger partial charge in [0.05, 0.1) is 7.11 Å². The van der Waals surface area contributed by atoms with E-state index >= 15 is 0 Å². The summed E-state index contributed by atoms with van der Waals surface area (Å²) in [6, 6.07) is 13.5. The lowest BCUT2D eigenvalue weighted by molar-refractivity contribution is -0.116. The minimum absolute atomic E-state index is 0.0296. The molecule has 0 radical (unpaired) electrons. The zero-order valence-corrected chi connectivity index (χ0v) is 16.2. The molecule has 0 aliphatic rings. The van der Waals surface area contributed by atoms with Gasteiger partial charge in [0.15, 0.2) is 11.5 Å². The Kier molecular flexibility index (Phi) is 7.74. The summed E-state index contributed by atoms with van der Waals surface area (Å²) in [6.45, 7) is 8.76. The molecule has 0 saturated heterocycles. The highest BCUT2D eigenvalue weighted by atomic mass is 16.5. The van der Waals surface area contributed by atoms with Gasteiger partial charge in [0, 0.05) is 24.3 Å². The molecule has 0 saturated carbocycles. The van der Waals surface area contributed by atoms with E-state index in [-0.39, 0.29) is 5.91 Å². The molecule has 0 bridgehead atoms. The number of hydrogen-bond acceptors (Lipinski definition) is 4. The number of benzene rings is 2. The van der Waals surface area contributed by atoms with Crippen LogP contribution in [-0.2, 0) is 11.3 Å². The average molecular weight is 368 g/mol. The van der Waals surface area contributed by atoms with Gasteiger partial charge in [-0.25, -0.2) is 0 Å². The van der Waals surface area contributed by atoms with Crippen molar-refractivity contribution in [3.63, 3.8) is 0 Å². The fraction of sp³-hybridized carbons (Fsp3) is 0.318. The van der Waals surface area contributed by atoms with Crippen molar-refractivity contribution in [3.05, 3.63) is 60.7 Å². The summed E-state index contributed by atoms with van der Waals surface area (Å²) in [4.78, 5) is 11.9. The van der Waals surface area contributed by atoms with E-state index in [4.69, 9.17) is 9.47 Å². The van der Waals surface area contributed by atoms with Gasteiger partial charge in [-0.1, -0.05) is 38.6 Å². The van der Waals surface area contributed by atoms with E-state index < -0.39 is 0 Å². The Hall–Kier alpha value is -2.95. The van der Waals surface area contributed by atoms with Gasteiger partial charge in [0.25, 0.3) is 0 Å². The van der Waals surface area contributed by atoms with E-state index in [2.05, 4.69) is 17.2 Å². The number of hydrogen-bond donors (Lipinski definition) is 2. The first-order chi connectivity index (χ1) is 13.0. The third kappa shape index (κ3) is 6.70. The first kappa shape index (κ1) is 20.4. The average Bonchev–Trinajstić information content (AvgIpc) is 2.64. The van der Waals surface area contributed by atoms with Crippen LogP contribution in [0.2, 0.25) is 0 Å². The standard InChI is InChI=1S/C22H28N2O3/c1-5-11-27-20-10-9-17(13-21(20)26-4)15-23-18-7-6-8-19(14-18)24-22(25)12-16(2)3/h5-10,13-14,16,23H,1,11-12,15H2,2-4H3,(H,24,25). The highest BCUT2D eigenvalue weighted by Crippen LogP contribution is 2.28. The maximum absolute atomic E-state index is 11.9. The number of nitrogens with one attached hydrogen (secondary N) is 2. The highest BCUT2D eigenvalue weighted by Gasteiger charge is 2.07. The van der Waals surface area contributed by atoms with Crippen molar-refractivity contribution in [1.82, 2.24) is 0 Å².